The largest absolute Gasteiger partial charge is 0.497 e. The normalized spacial score (nSPS) is 18.9. The van der Waals surface area contributed by atoms with Gasteiger partial charge in [0, 0.05) is 12.0 Å². The lowest BCUT2D eigenvalue weighted by Gasteiger charge is -2.22. The van der Waals surface area contributed by atoms with Crippen LogP contribution in [0.15, 0.2) is 60.2 Å². The Morgan fingerprint density at radius 3 is 2.56 bits per heavy atom. The highest BCUT2D eigenvalue weighted by molar-refractivity contribution is 6.07. The molecule has 1 N–H and O–H groups in total. The number of aliphatic hydroxyl groups is 1. The second kappa shape index (κ2) is 6.73. The van der Waals surface area contributed by atoms with Crippen molar-refractivity contribution in [3.05, 3.63) is 71.3 Å². The number of ether oxygens (including phenoxy) is 1. The smallest absolute Gasteiger partial charge is 0.264 e. The number of carbonyl (C=O) groups excluding carboxylic acids is 1. The number of methoxy groups -OCH3 is 1. The molecule has 0 saturated heterocycles. The summed E-state index contributed by atoms with van der Waals surface area (Å²) in [5.41, 5.74) is 1.86. The summed E-state index contributed by atoms with van der Waals surface area (Å²) in [6.07, 6.45) is 2.15. The number of hydrogen-bond donors (Lipinski definition) is 1. The fourth-order valence-electron chi connectivity index (χ4n) is 3.13. The second-order valence-electron chi connectivity index (χ2n) is 6.61. The predicted octanol–water partition coefficient (Wildman–Crippen LogP) is 3.79. The number of nitrogens with zero attached hydrogens (tertiary/aromatic N) is 1. The van der Waals surface area contributed by atoms with Gasteiger partial charge in [0.2, 0.25) is 0 Å². The molecule has 1 aliphatic heterocycles. The molecule has 4 nitrogen and oxygen atoms in total. The molecule has 1 aliphatic rings. The summed E-state index contributed by atoms with van der Waals surface area (Å²) in [4.78, 5) is 14.8. The van der Waals surface area contributed by atoms with E-state index in [1.54, 1.807) is 18.1 Å². The van der Waals surface area contributed by atoms with Crippen molar-refractivity contribution in [1.29, 1.82) is 0 Å². The number of amides is 1. The maximum absolute atomic E-state index is 13.1. The Morgan fingerprint density at radius 2 is 1.92 bits per heavy atom. The molecule has 4 heteroatoms. The first kappa shape index (κ1) is 17.2. The molecular weight excluding hydrogens is 314 g/mol. The van der Waals surface area contributed by atoms with Crippen LogP contribution in [0, 0.1) is 0 Å². The van der Waals surface area contributed by atoms with Crippen LogP contribution >= 0.6 is 0 Å². The first-order chi connectivity index (χ1) is 12.0. The zero-order valence-electron chi connectivity index (χ0n) is 14.8. The van der Waals surface area contributed by atoms with Gasteiger partial charge < -0.3 is 14.7 Å². The van der Waals surface area contributed by atoms with Crippen molar-refractivity contribution in [3.8, 4) is 5.75 Å². The number of allylic oxidation sites excluding steroid dienone is 1. The van der Waals surface area contributed by atoms with E-state index < -0.39 is 5.60 Å². The lowest BCUT2D eigenvalue weighted by molar-refractivity contribution is -0.135. The monoisotopic (exact) mass is 337 g/mol. The fraction of sp³-hybridized carbons (Fsp3) is 0.286. The highest BCUT2D eigenvalue weighted by Gasteiger charge is 2.49. The van der Waals surface area contributed by atoms with Crippen molar-refractivity contribution < 1.29 is 14.6 Å². The first-order valence-corrected chi connectivity index (χ1v) is 8.36. The van der Waals surface area contributed by atoms with Gasteiger partial charge in [-0.2, -0.15) is 0 Å². The molecule has 3 rings (SSSR count). The Balaban J connectivity index is 2.05. The van der Waals surface area contributed by atoms with Crippen LogP contribution in [0.5, 0.6) is 5.75 Å². The Labute approximate surface area is 148 Å². The minimum absolute atomic E-state index is 0.250. The van der Waals surface area contributed by atoms with Crippen molar-refractivity contribution in [2.24, 2.45) is 0 Å². The van der Waals surface area contributed by atoms with E-state index in [2.05, 4.69) is 0 Å². The molecular formula is C21H23NO3. The van der Waals surface area contributed by atoms with Crippen molar-refractivity contribution in [1.82, 2.24) is 0 Å². The van der Waals surface area contributed by atoms with E-state index in [0.717, 1.165) is 16.8 Å². The minimum Gasteiger partial charge on any atom is -0.497 e. The summed E-state index contributed by atoms with van der Waals surface area (Å²) in [7, 11) is 1.58. The van der Waals surface area contributed by atoms with Crippen LogP contribution in [0.2, 0.25) is 0 Å². The van der Waals surface area contributed by atoms with Gasteiger partial charge in [0.1, 0.15) is 5.75 Å². The van der Waals surface area contributed by atoms with Crippen molar-refractivity contribution in [2.45, 2.75) is 32.4 Å². The fourth-order valence-corrected chi connectivity index (χ4v) is 3.13. The summed E-state index contributed by atoms with van der Waals surface area (Å²) < 4.78 is 5.29. The standard InChI is InChI=1S/C21H23NO3/c1-15(2)11-12-21(24)18-13-17(25-3)9-10-19(18)22(20(21)23)14-16-7-5-4-6-8-16/h4-11,13,24H,12,14H2,1-3H3. The molecule has 0 bridgehead atoms. The van der Waals surface area contributed by atoms with Gasteiger partial charge in [-0.25, -0.2) is 0 Å². The van der Waals surface area contributed by atoms with Crippen LogP contribution in [0.1, 0.15) is 31.4 Å². The minimum atomic E-state index is -1.56. The molecule has 0 fully saturated rings. The van der Waals surface area contributed by atoms with Gasteiger partial charge in [0.05, 0.1) is 19.3 Å². The van der Waals surface area contributed by atoms with Crippen molar-refractivity contribution in [3.63, 3.8) is 0 Å². The molecule has 2 aromatic carbocycles. The summed E-state index contributed by atoms with van der Waals surface area (Å²) in [5, 5.41) is 11.2. The second-order valence-corrected chi connectivity index (χ2v) is 6.61. The average Bonchev–Trinajstić information content (AvgIpc) is 2.83. The molecule has 1 atom stereocenters. The number of fused-ring (bicyclic) bond motifs is 1. The Bertz CT molecular complexity index is 809. The molecule has 0 saturated carbocycles. The Hall–Kier alpha value is -2.59. The van der Waals surface area contributed by atoms with Gasteiger partial charge in [-0.1, -0.05) is 42.0 Å². The lowest BCUT2D eigenvalue weighted by atomic mass is 9.91. The van der Waals surface area contributed by atoms with E-state index in [0.29, 0.717) is 17.9 Å². The number of carbonyl (C=O) groups is 1. The highest BCUT2D eigenvalue weighted by atomic mass is 16.5. The van der Waals surface area contributed by atoms with Crippen LogP contribution in [0.4, 0.5) is 5.69 Å². The predicted molar refractivity (Wildman–Crippen MR) is 98.6 cm³/mol. The third-order valence-corrected chi connectivity index (χ3v) is 4.53. The van der Waals surface area contributed by atoms with Crippen LogP contribution in [-0.4, -0.2) is 18.1 Å². The van der Waals surface area contributed by atoms with Gasteiger partial charge in [-0.3, -0.25) is 4.79 Å². The van der Waals surface area contributed by atoms with Crippen LogP contribution in [-0.2, 0) is 16.9 Å². The summed E-state index contributed by atoms with van der Waals surface area (Å²) in [5.74, 6) is 0.334. The van der Waals surface area contributed by atoms with E-state index in [-0.39, 0.29) is 12.3 Å². The average molecular weight is 337 g/mol. The Morgan fingerprint density at radius 1 is 1.20 bits per heavy atom. The van der Waals surface area contributed by atoms with E-state index in [9.17, 15) is 9.90 Å². The van der Waals surface area contributed by atoms with Crippen molar-refractivity contribution >= 4 is 11.6 Å². The summed E-state index contributed by atoms with van der Waals surface area (Å²) in [6.45, 7) is 4.34. The molecule has 0 spiro atoms. The molecule has 2 aromatic rings. The third kappa shape index (κ3) is 3.17. The van der Waals surface area contributed by atoms with Gasteiger partial charge in [0.25, 0.3) is 5.91 Å². The molecule has 1 unspecified atom stereocenters. The molecule has 0 radical (unpaired) electrons. The molecule has 1 amide bonds. The van der Waals surface area contributed by atoms with Gasteiger partial charge in [-0.15, -0.1) is 0 Å². The number of rotatable bonds is 5. The van der Waals surface area contributed by atoms with Crippen LogP contribution in [0.3, 0.4) is 0 Å². The highest BCUT2D eigenvalue weighted by Crippen LogP contribution is 2.45. The summed E-state index contributed by atoms with van der Waals surface area (Å²) >= 11 is 0. The van der Waals surface area contributed by atoms with E-state index in [4.69, 9.17) is 4.74 Å². The van der Waals surface area contributed by atoms with E-state index >= 15 is 0 Å². The molecule has 25 heavy (non-hydrogen) atoms. The SMILES string of the molecule is COc1ccc2c(c1)C(O)(CC=C(C)C)C(=O)N2Cc1ccccc1. The maximum atomic E-state index is 13.1. The number of benzene rings is 2. The molecule has 0 aromatic heterocycles. The topological polar surface area (TPSA) is 49.8 Å². The van der Waals surface area contributed by atoms with Gasteiger partial charge >= 0.3 is 0 Å². The van der Waals surface area contributed by atoms with Crippen LogP contribution in [0.25, 0.3) is 0 Å². The van der Waals surface area contributed by atoms with E-state index in [1.165, 1.54) is 0 Å². The Kier molecular flexibility index (Phi) is 4.64. The molecule has 1 heterocycles. The van der Waals surface area contributed by atoms with Gasteiger partial charge in [0.15, 0.2) is 5.60 Å². The number of hydrogen-bond acceptors (Lipinski definition) is 3. The van der Waals surface area contributed by atoms with Crippen LogP contribution < -0.4 is 9.64 Å². The van der Waals surface area contributed by atoms with Gasteiger partial charge in [-0.05, 0) is 37.6 Å². The zero-order valence-corrected chi connectivity index (χ0v) is 14.8. The maximum Gasteiger partial charge on any atom is 0.264 e. The zero-order chi connectivity index (χ0) is 18.0. The molecule has 0 aliphatic carbocycles. The third-order valence-electron chi connectivity index (χ3n) is 4.53. The summed E-state index contributed by atoms with van der Waals surface area (Å²) in [6, 6.07) is 15.2. The lowest BCUT2D eigenvalue weighted by Crippen LogP contribution is -2.39. The quantitative estimate of drug-likeness (QED) is 0.845. The molecule has 130 valence electrons. The number of anilines is 1. The van der Waals surface area contributed by atoms with Crippen molar-refractivity contribution in [2.75, 3.05) is 12.0 Å². The van der Waals surface area contributed by atoms with E-state index in [1.807, 2.05) is 62.4 Å². The first-order valence-electron chi connectivity index (χ1n) is 8.36.